The van der Waals surface area contributed by atoms with Gasteiger partial charge in [0.05, 0.1) is 7.11 Å². The van der Waals surface area contributed by atoms with E-state index in [1.54, 1.807) is 31.5 Å². The van der Waals surface area contributed by atoms with Crippen molar-refractivity contribution in [2.24, 2.45) is 0 Å². The van der Waals surface area contributed by atoms with E-state index >= 15 is 0 Å². The SMILES string of the molecule is COc1ccc2[nH]cc(C(=O)c3cc(N)ccc3Br)c2c1. The zero-order chi connectivity index (χ0) is 15.0. The Balaban J connectivity index is 2.15. The number of ether oxygens (including phenoxy) is 1. The van der Waals surface area contributed by atoms with Gasteiger partial charge in [0.25, 0.3) is 0 Å². The van der Waals surface area contributed by atoms with Gasteiger partial charge in [-0.25, -0.2) is 0 Å². The number of H-pyrrole nitrogens is 1. The second-order valence-corrected chi connectivity index (χ2v) is 5.54. The van der Waals surface area contributed by atoms with Gasteiger partial charge in [-0.2, -0.15) is 0 Å². The first-order chi connectivity index (χ1) is 10.1. The number of carbonyl (C=O) groups is 1. The minimum Gasteiger partial charge on any atom is -0.497 e. The fraction of sp³-hybridized carbons (Fsp3) is 0.0625. The molecule has 106 valence electrons. The lowest BCUT2D eigenvalue weighted by atomic mass is 10.0. The molecule has 0 saturated carbocycles. The molecule has 0 atom stereocenters. The molecule has 0 unspecified atom stereocenters. The third-order valence-corrected chi connectivity index (χ3v) is 4.06. The number of ketones is 1. The summed E-state index contributed by atoms with van der Waals surface area (Å²) in [4.78, 5) is 15.8. The molecule has 1 heterocycles. The quantitative estimate of drug-likeness (QED) is 0.561. The number of hydrogen-bond acceptors (Lipinski definition) is 3. The van der Waals surface area contributed by atoms with Crippen LogP contribution in [0.5, 0.6) is 5.75 Å². The monoisotopic (exact) mass is 344 g/mol. The van der Waals surface area contributed by atoms with Crippen molar-refractivity contribution in [2.45, 2.75) is 0 Å². The fourth-order valence-electron chi connectivity index (χ4n) is 2.28. The van der Waals surface area contributed by atoms with Crippen LogP contribution in [0.4, 0.5) is 5.69 Å². The Morgan fingerprint density at radius 2 is 2.00 bits per heavy atom. The van der Waals surface area contributed by atoms with Gasteiger partial charge in [-0.15, -0.1) is 0 Å². The van der Waals surface area contributed by atoms with Crippen LogP contribution in [0.25, 0.3) is 10.9 Å². The van der Waals surface area contributed by atoms with Crippen LogP contribution in [0.1, 0.15) is 15.9 Å². The normalized spacial score (nSPS) is 10.8. The van der Waals surface area contributed by atoms with Crippen molar-refractivity contribution in [1.82, 2.24) is 4.98 Å². The zero-order valence-electron chi connectivity index (χ0n) is 11.3. The number of aromatic amines is 1. The lowest BCUT2D eigenvalue weighted by Gasteiger charge is -2.05. The van der Waals surface area contributed by atoms with Crippen molar-refractivity contribution < 1.29 is 9.53 Å². The van der Waals surface area contributed by atoms with Gasteiger partial charge in [-0.05, 0) is 36.4 Å². The second kappa shape index (κ2) is 5.26. The van der Waals surface area contributed by atoms with Crippen LogP contribution >= 0.6 is 15.9 Å². The highest BCUT2D eigenvalue weighted by Crippen LogP contribution is 2.28. The molecule has 0 fully saturated rings. The molecule has 2 aromatic carbocycles. The maximum absolute atomic E-state index is 12.7. The number of fused-ring (bicyclic) bond motifs is 1. The summed E-state index contributed by atoms with van der Waals surface area (Å²) in [5, 5.41) is 0.827. The molecule has 0 aliphatic rings. The Morgan fingerprint density at radius 3 is 2.76 bits per heavy atom. The maximum Gasteiger partial charge on any atom is 0.196 e. The number of rotatable bonds is 3. The van der Waals surface area contributed by atoms with Crippen LogP contribution in [0, 0.1) is 0 Å². The highest BCUT2D eigenvalue weighted by atomic mass is 79.9. The number of nitrogen functional groups attached to an aromatic ring is 1. The molecule has 0 bridgehead atoms. The molecule has 0 saturated heterocycles. The van der Waals surface area contributed by atoms with Crippen molar-refractivity contribution in [3.05, 3.63) is 58.2 Å². The molecule has 3 aromatic rings. The maximum atomic E-state index is 12.7. The number of halogens is 1. The van der Waals surface area contributed by atoms with E-state index in [4.69, 9.17) is 10.5 Å². The van der Waals surface area contributed by atoms with Crippen LogP contribution in [-0.2, 0) is 0 Å². The predicted molar refractivity (Wildman–Crippen MR) is 86.8 cm³/mol. The van der Waals surface area contributed by atoms with E-state index in [0.717, 1.165) is 15.4 Å². The number of nitrogens with two attached hydrogens (primary N) is 1. The van der Waals surface area contributed by atoms with Crippen molar-refractivity contribution in [3.63, 3.8) is 0 Å². The predicted octanol–water partition coefficient (Wildman–Crippen LogP) is 3.75. The van der Waals surface area contributed by atoms with E-state index in [1.807, 2.05) is 18.2 Å². The van der Waals surface area contributed by atoms with Crippen molar-refractivity contribution in [2.75, 3.05) is 12.8 Å². The first-order valence-corrected chi connectivity index (χ1v) is 7.14. The van der Waals surface area contributed by atoms with E-state index < -0.39 is 0 Å². The minimum absolute atomic E-state index is 0.0892. The Bertz CT molecular complexity index is 839. The summed E-state index contributed by atoms with van der Waals surface area (Å²) in [5.74, 6) is 0.622. The molecule has 5 heteroatoms. The van der Waals surface area contributed by atoms with E-state index in [2.05, 4.69) is 20.9 Å². The summed E-state index contributed by atoms with van der Waals surface area (Å²) in [6.45, 7) is 0. The van der Waals surface area contributed by atoms with Crippen LogP contribution in [0.3, 0.4) is 0 Å². The summed E-state index contributed by atoms with van der Waals surface area (Å²) in [5.41, 5.74) is 8.35. The highest BCUT2D eigenvalue weighted by molar-refractivity contribution is 9.10. The Hall–Kier alpha value is -2.27. The lowest BCUT2D eigenvalue weighted by molar-refractivity contribution is 0.103. The molecule has 0 radical (unpaired) electrons. The molecule has 4 nitrogen and oxygen atoms in total. The number of methoxy groups -OCH3 is 1. The van der Waals surface area contributed by atoms with Gasteiger partial charge in [0.15, 0.2) is 5.78 Å². The van der Waals surface area contributed by atoms with Gasteiger partial charge in [0.1, 0.15) is 5.75 Å². The number of nitrogens with one attached hydrogen (secondary N) is 1. The average molecular weight is 345 g/mol. The smallest absolute Gasteiger partial charge is 0.196 e. The number of benzene rings is 2. The summed E-state index contributed by atoms with van der Waals surface area (Å²) in [7, 11) is 1.60. The summed E-state index contributed by atoms with van der Waals surface area (Å²) in [6.07, 6.45) is 1.71. The first-order valence-electron chi connectivity index (χ1n) is 6.35. The Morgan fingerprint density at radius 1 is 1.19 bits per heavy atom. The molecule has 0 amide bonds. The number of hydrogen-bond donors (Lipinski definition) is 2. The van der Waals surface area contributed by atoms with Crippen molar-refractivity contribution >= 4 is 38.3 Å². The van der Waals surface area contributed by atoms with Gasteiger partial charge in [-0.3, -0.25) is 4.79 Å². The lowest BCUT2D eigenvalue weighted by Crippen LogP contribution is -2.02. The van der Waals surface area contributed by atoms with Gasteiger partial charge in [0, 0.05) is 38.4 Å². The molecule has 0 aliphatic carbocycles. The number of anilines is 1. The third kappa shape index (κ3) is 2.40. The van der Waals surface area contributed by atoms with Crippen LogP contribution in [0.2, 0.25) is 0 Å². The minimum atomic E-state index is -0.0892. The van der Waals surface area contributed by atoms with Crippen molar-refractivity contribution in [3.8, 4) is 5.75 Å². The van der Waals surface area contributed by atoms with Crippen LogP contribution in [0.15, 0.2) is 47.1 Å². The molecular formula is C16H13BrN2O2. The third-order valence-electron chi connectivity index (χ3n) is 3.37. The van der Waals surface area contributed by atoms with Gasteiger partial charge in [0.2, 0.25) is 0 Å². The summed E-state index contributed by atoms with van der Waals surface area (Å²) in [6, 6.07) is 10.8. The summed E-state index contributed by atoms with van der Waals surface area (Å²) < 4.78 is 5.94. The highest BCUT2D eigenvalue weighted by Gasteiger charge is 2.17. The molecule has 3 N–H and O–H groups in total. The van der Waals surface area contributed by atoms with Crippen molar-refractivity contribution in [1.29, 1.82) is 0 Å². The van der Waals surface area contributed by atoms with Crippen LogP contribution < -0.4 is 10.5 Å². The van der Waals surface area contributed by atoms with Gasteiger partial charge >= 0.3 is 0 Å². The standard InChI is InChI=1S/C16H13BrN2O2/c1-21-10-3-5-15-11(7-10)13(8-19-15)16(20)12-6-9(18)2-4-14(12)17/h2-8,19H,18H2,1H3. The van der Waals surface area contributed by atoms with E-state index in [-0.39, 0.29) is 5.78 Å². The van der Waals surface area contributed by atoms with E-state index in [1.165, 1.54) is 0 Å². The molecule has 0 spiro atoms. The summed E-state index contributed by atoms with van der Waals surface area (Å²) >= 11 is 3.40. The van der Waals surface area contributed by atoms with E-state index in [9.17, 15) is 4.79 Å². The zero-order valence-corrected chi connectivity index (χ0v) is 12.9. The number of carbonyl (C=O) groups excluding carboxylic acids is 1. The van der Waals surface area contributed by atoms with E-state index in [0.29, 0.717) is 22.6 Å². The molecule has 21 heavy (non-hydrogen) atoms. The molecular weight excluding hydrogens is 332 g/mol. The fourth-order valence-corrected chi connectivity index (χ4v) is 2.70. The number of aromatic nitrogens is 1. The average Bonchev–Trinajstić information content (AvgIpc) is 2.91. The van der Waals surface area contributed by atoms with Gasteiger partial charge in [-0.1, -0.05) is 15.9 Å². The second-order valence-electron chi connectivity index (χ2n) is 4.68. The Labute approximate surface area is 130 Å². The first kappa shape index (κ1) is 13.7. The molecule has 1 aromatic heterocycles. The molecule has 3 rings (SSSR count). The van der Waals surface area contributed by atoms with Crippen LogP contribution in [-0.4, -0.2) is 17.9 Å². The largest absolute Gasteiger partial charge is 0.497 e. The van der Waals surface area contributed by atoms with Gasteiger partial charge < -0.3 is 15.5 Å². The topological polar surface area (TPSA) is 68.1 Å². The molecule has 0 aliphatic heterocycles. The Kier molecular flexibility index (Phi) is 3.43.